The monoisotopic (exact) mass is 888 g/mol. The molecule has 3 unspecified atom stereocenters. The maximum atomic E-state index is 12.5. The molecule has 5 nitrogen and oxygen atoms in total. The molecule has 0 heterocycles. The number of rotatable bonds is 53. The van der Waals surface area contributed by atoms with Gasteiger partial charge in [0.2, 0.25) is 5.91 Å². The topological polar surface area (TPSA) is 89.8 Å². The Balaban J connectivity index is 3.54. The van der Waals surface area contributed by atoms with E-state index in [-0.39, 0.29) is 18.9 Å². The van der Waals surface area contributed by atoms with Crippen molar-refractivity contribution in [3.05, 3.63) is 24.3 Å². The minimum absolute atomic E-state index is 0.0357. The fraction of sp³-hybridized carbons (Fsp3) is 0.914. The molecule has 4 N–H and O–H groups in total. The number of unbranched alkanes of at least 4 members (excludes halogenated alkanes) is 40. The van der Waals surface area contributed by atoms with E-state index >= 15 is 0 Å². The van der Waals surface area contributed by atoms with E-state index in [1.54, 1.807) is 0 Å². The summed E-state index contributed by atoms with van der Waals surface area (Å²) in [5, 5.41) is 33.7. The summed E-state index contributed by atoms with van der Waals surface area (Å²) in [6.45, 7) is 4.30. The minimum Gasteiger partial charge on any atom is -0.394 e. The summed E-state index contributed by atoms with van der Waals surface area (Å²) in [4.78, 5) is 12.5. The third-order valence-corrected chi connectivity index (χ3v) is 13.5. The lowest BCUT2D eigenvalue weighted by atomic mass is 10.0. The summed E-state index contributed by atoms with van der Waals surface area (Å²) >= 11 is 0. The van der Waals surface area contributed by atoms with Crippen LogP contribution < -0.4 is 5.32 Å². The van der Waals surface area contributed by atoms with E-state index < -0.39 is 18.2 Å². The van der Waals surface area contributed by atoms with E-state index in [2.05, 4.69) is 43.5 Å². The maximum Gasteiger partial charge on any atom is 0.222 e. The van der Waals surface area contributed by atoms with Gasteiger partial charge in [0.25, 0.3) is 0 Å². The minimum atomic E-state index is -0.751. The lowest BCUT2D eigenvalue weighted by molar-refractivity contribution is -0.125. The quantitative estimate of drug-likeness (QED) is 0.0362. The van der Waals surface area contributed by atoms with Gasteiger partial charge in [-0.3, -0.25) is 4.79 Å². The van der Waals surface area contributed by atoms with Crippen LogP contribution >= 0.6 is 0 Å². The van der Waals surface area contributed by atoms with Gasteiger partial charge in [0.15, 0.2) is 0 Å². The van der Waals surface area contributed by atoms with Crippen LogP contribution in [-0.2, 0) is 4.79 Å². The number of hydrogen-bond donors (Lipinski definition) is 4. The van der Waals surface area contributed by atoms with Gasteiger partial charge in [-0.05, 0) is 44.9 Å². The van der Waals surface area contributed by atoms with Gasteiger partial charge in [0, 0.05) is 0 Å². The number of nitrogens with one attached hydrogen (secondary N) is 1. The zero-order valence-electron chi connectivity index (χ0n) is 42.7. The number of carbonyl (C=O) groups excluding carboxylic acids is 1. The van der Waals surface area contributed by atoms with Gasteiger partial charge in [-0.25, -0.2) is 0 Å². The van der Waals surface area contributed by atoms with Gasteiger partial charge in [0.1, 0.15) is 0 Å². The van der Waals surface area contributed by atoms with Gasteiger partial charge < -0.3 is 20.6 Å². The molecule has 3 atom stereocenters. The summed E-state index contributed by atoms with van der Waals surface area (Å²) in [7, 11) is 0. The lowest BCUT2D eigenvalue weighted by Gasteiger charge is -2.23. The standard InChI is InChI=1S/C58H113NO4/c1-3-5-7-9-11-13-15-17-19-21-23-25-27-28-30-31-33-35-37-39-41-43-45-47-49-51-55(61)53-58(63)59-56(54-60)57(62)52-50-48-46-44-42-40-38-36-34-32-29-26-24-22-20-18-16-14-12-10-8-6-4-2/h23,25,28,30,55-57,60-62H,3-22,24,26-27,29,31-54H2,1-2H3,(H,59,63)/b25-23-,30-28-. The van der Waals surface area contributed by atoms with E-state index in [0.29, 0.717) is 12.8 Å². The molecular weight excluding hydrogens is 775 g/mol. The van der Waals surface area contributed by atoms with Crippen molar-refractivity contribution in [1.82, 2.24) is 5.32 Å². The van der Waals surface area contributed by atoms with Gasteiger partial charge in [0.05, 0.1) is 31.3 Å². The van der Waals surface area contributed by atoms with Crippen molar-refractivity contribution in [2.75, 3.05) is 6.61 Å². The molecule has 0 bridgehead atoms. The highest BCUT2D eigenvalue weighted by Gasteiger charge is 2.21. The fourth-order valence-electron chi connectivity index (χ4n) is 9.14. The van der Waals surface area contributed by atoms with Crippen LogP contribution in [0.3, 0.4) is 0 Å². The highest BCUT2D eigenvalue weighted by Crippen LogP contribution is 2.18. The molecule has 0 aliphatic carbocycles. The summed E-state index contributed by atoms with van der Waals surface area (Å²) in [5.74, 6) is -0.281. The third kappa shape index (κ3) is 50.1. The van der Waals surface area contributed by atoms with Crippen molar-refractivity contribution in [3.63, 3.8) is 0 Å². The number of carbonyl (C=O) groups is 1. The van der Waals surface area contributed by atoms with Crippen LogP contribution in [0, 0.1) is 0 Å². The van der Waals surface area contributed by atoms with Crippen LogP contribution in [-0.4, -0.2) is 46.1 Å². The number of aliphatic hydroxyl groups excluding tert-OH is 3. The second-order valence-corrected chi connectivity index (χ2v) is 19.9. The van der Waals surface area contributed by atoms with Crippen LogP contribution in [0.15, 0.2) is 24.3 Å². The molecule has 1 amide bonds. The van der Waals surface area contributed by atoms with E-state index in [0.717, 1.165) is 32.1 Å². The average Bonchev–Trinajstić information content (AvgIpc) is 3.28. The van der Waals surface area contributed by atoms with Crippen molar-refractivity contribution >= 4 is 5.91 Å². The summed E-state index contributed by atoms with van der Waals surface area (Å²) < 4.78 is 0. The first-order valence-electron chi connectivity index (χ1n) is 28.6. The maximum absolute atomic E-state index is 12.5. The number of amides is 1. The lowest BCUT2D eigenvalue weighted by Crippen LogP contribution is -2.46. The van der Waals surface area contributed by atoms with E-state index in [4.69, 9.17) is 0 Å². The molecule has 0 saturated heterocycles. The number of aliphatic hydroxyl groups is 3. The van der Waals surface area contributed by atoms with Crippen LogP contribution in [0.2, 0.25) is 0 Å². The average molecular weight is 889 g/mol. The largest absolute Gasteiger partial charge is 0.394 e. The molecule has 0 spiro atoms. The fourth-order valence-corrected chi connectivity index (χ4v) is 9.14. The molecule has 0 aromatic carbocycles. The Hall–Kier alpha value is -1.17. The highest BCUT2D eigenvalue weighted by atomic mass is 16.3. The Labute approximate surface area is 394 Å². The Morgan fingerprint density at radius 1 is 0.397 bits per heavy atom. The Morgan fingerprint density at radius 2 is 0.683 bits per heavy atom. The van der Waals surface area contributed by atoms with Crippen LogP contribution in [0.25, 0.3) is 0 Å². The Bertz CT molecular complexity index is 936. The SMILES string of the molecule is CCCCCCCCCCC/C=C\C/C=C\CCCCCCCCCCCC(O)CC(=O)NC(CO)C(O)CCCCCCCCCCCCCCCCCCCCCCCCC. The predicted molar refractivity (Wildman–Crippen MR) is 278 cm³/mol. The van der Waals surface area contributed by atoms with E-state index in [9.17, 15) is 20.1 Å². The van der Waals surface area contributed by atoms with Gasteiger partial charge >= 0.3 is 0 Å². The molecule has 63 heavy (non-hydrogen) atoms. The van der Waals surface area contributed by atoms with Crippen molar-refractivity contribution in [3.8, 4) is 0 Å². The molecule has 0 saturated carbocycles. The normalized spacial score (nSPS) is 13.4. The Kier molecular flexibility index (Phi) is 52.5. The molecule has 0 aliphatic rings. The molecule has 0 aromatic heterocycles. The molecule has 0 fully saturated rings. The molecule has 0 rings (SSSR count). The molecule has 5 heteroatoms. The Morgan fingerprint density at radius 3 is 1.00 bits per heavy atom. The van der Waals surface area contributed by atoms with E-state index in [1.807, 2.05) is 0 Å². The zero-order chi connectivity index (χ0) is 45.8. The van der Waals surface area contributed by atoms with Crippen LogP contribution in [0.5, 0.6) is 0 Å². The first-order chi connectivity index (χ1) is 31.0. The van der Waals surface area contributed by atoms with Crippen molar-refractivity contribution in [2.24, 2.45) is 0 Å². The first kappa shape index (κ1) is 61.8. The predicted octanol–water partition coefficient (Wildman–Crippen LogP) is 17.7. The molecule has 374 valence electrons. The summed E-state index contributed by atoms with van der Waals surface area (Å²) in [6, 6.07) is -0.660. The molecule has 0 radical (unpaired) electrons. The molecule has 0 aliphatic heterocycles. The van der Waals surface area contributed by atoms with Crippen molar-refractivity contribution in [2.45, 2.75) is 334 Å². The van der Waals surface area contributed by atoms with Gasteiger partial charge in [-0.2, -0.15) is 0 Å². The molecular formula is C58H113NO4. The second kappa shape index (κ2) is 53.4. The number of hydrogen-bond acceptors (Lipinski definition) is 4. The third-order valence-electron chi connectivity index (χ3n) is 13.5. The van der Waals surface area contributed by atoms with Gasteiger partial charge in [-0.15, -0.1) is 0 Å². The first-order valence-corrected chi connectivity index (χ1v) is 28.6. The molecule has 0 aromatic rings. The zero-order valence-corrected chi connectivity index (χ0v) is 42.7. The number of allylic oxidation sites excluding steroid dienone is 4. The van der Waals surface area contributed by atoms with Gasteiger partial charge in [-0.1, -0.05) is 289 Å². The van der Waals surface area contributed by atoms with Crippen LogP contribution in [0.4, 0.5) is 0 Å². The smallest absolute Gasteiger partial charge is 0.222 e. The summed E-state index contributed by atoms with van der Waals surface area (Å²) in [6.07, 6.45) is 67.6. The van der Waals surface area contributed by atoms with E-state index in [1.165, 1.54) is 250 Å². The highest BCUT2D eigenvalue weighted by molar-refractivity contribution is 5.76. The van der Waals surface area contributed by atoms with Crippen molar-refractivity contribution in [1.29, 1.82) is 0 Å². The summed E-state index contributed by atoms with van der Waals surface area (Å²) in [5.41, 5.74) is 0. The van der Waals surface area contributed by atoms with Crippen molar-refractivity contribution < 1.29 is 20.1 Å². The second-order valence-electron chi connectivity index (χ2n) is 19.9. The van der Waals surface area contributed by atoms with Crippen LogP contribution in [0.1, 0.15) is 316 Å².